The lowest BCUT2D eigenvalue weighted by Crippen LogP contribution is -2.50. The number of methoxy groups -OCH3 is 1. The number of morpholine rings is 1. The molecule has 1 amide bonds. The molecule has 4 aromatic rings. The molecule has 2 aliphatic rings. The Morgan fingerprint density at radius 3 is 2.57 bits per heavy atom. The number of hydrogen-bond donors (Lipinski definition) is 1. The third kappa shape index (κ3) is 7.39. The Bertz CT molecular complexity index is 1640. The van der Waals surface area contributed by atoms with E-state index in [2.05, 4.69) is 41.8 Å². The van der Waals surface area contributed by atoms with Crippen LogP contribution in [0.3, 0.4) is 0 Å². The molecule has 0 aliphatic carbocycles. The molecule has 0 atom stereocenters. The van der Waals surface area contributed by atoms with Crippen LogP contribution in [0.4, 0.5) is 11.6 Å². The van der Waals surface area contributed by atoms with Crippen molar-refractivity contribution < 1.29 is 19.0 Å². The van der Waals surface area contributed by atoms with Gasteiger partial charge in [-0.3, -0.25) is 9.69 Å². The molecule has 0 radical (unpaired) electrons. The van der Waals surface area contributed by atoms with Crippen LogP contribution in [0.25, 0.3) is 11.1 Å². The van der Waals surface area contributed by atoms with Gasteiger partial charge >= 0.3 is 0 Å². The number of ether oxygens (including phenoxy) is 3. The number of benzene rings is 2. The van der Waals surface area contributed by atoms with Crippen LogP contribution in [0, 0.1) is 11.3 Å². The Balaban J connectivity index is 1.06. The van der Waals surface area contributed by atoms with Crippen LogP contribution < -0.4 is 14.8 Å². The van der Waals surface area contributed by atoms with Crippen molar-refractivity contribution in [2.24, 2.45) is 0 Å². The van der Waals surface area contributed by atoms with Crippen molar-refractivity contribution in [2.45, 2.75) is 31.8 Å². The number of carbonyl (C=O) groups excluding carboxylic acids is 1. The van der Waals surface area contributed by atoms with Gasteiger partial charge in [-0.1, -0.05) is 6.07 Å². The van der Waals surface area contributed by atoms with Gasteiger partial charge in [-0.05, 0) is 59.2 Å². The van der Waals surface area contributed by atoms with Gasteiger partial charge in [0.1, 0.15) is 23.9 Å². The van der Waals surface area contributed by atoms with E-state index < -0.39 is 0 Å². The number of aryl methyl sites for hydroxylation is 1. The smallest absolute Gasteiger partial charge is 0.253 e. The molecule has 2 fully saturated rings. The third-order valence-corrected chi connectivity index (χ3v) is 8.28. The maximum atomic E-state index is 13.3. The number of likely N-dealkylation sites (tertiary alicyclic amines) is 1. The van der Waals surface area contributed by atoms with E-state index in [9.17, 15) is 10.1 Å². The van der Waals surface area contributed by atoms with Crippen LogP contribution in [0.15, 0.2) is 55.1 Å². The average Bonchev–Trinajstić information content (AvgIpc) is 3.64. The van der Waals surface area contributed by atoms with Crippen molar-refractivity contribution in [1.82, 2.24) is 40.0 Å². The van der Waals surface area contributed by atoms with E-state index in [1.165, 1.54) is 0 Å². The van der Waals surface area contributed by atoms with Gasteiger partial charge in [-0.25, -0.2) is 14.6 Å². The number of anilines is 2. The summed E-state index contributed by atoms with van der Waals surface area (Å²) in [5.74, 6) is 1.39. The molecule has 0 bridgehead atoms. The Morgan fingerprint density at radius 2 is 1.85 bits per heavy atom. The first kappa shape index (κ1) is 30.9. The minimum Gasteiger partial charge on any atom is -0.495 e. The Kier molecular flexibility index (Phi) is 9.91. The summed E-state index contributed by atoms with van der Waals surface area (Å²) in [7, 11) is 1.57. The lowest BCUT2D eigenvalue weighted by molar-refractivity contribution is 0.00159. The van der Waals surface area contributed by atoms with Crippen LogP contribution in [0.5, 0.6) is 11.5 Å². The molecular formula is C32H36N10O4. The molecule has 0 spiro atoms. The van der Waals surface area contributed by atoms with E-state index in [0.717, 1.165) is 63.4 Å². The van der Waals surface area contributed by atoms with Gasteiger partial charge in [0.25, 0.3) is 5.91 Å². The van der Waals surface area contributed by atoms with E-state index in [1.807, 2.05) is 23.1 Å². The standard InChI is InChI=1S/C32H36N10O4/c1-44-30-18-24(31(43)41-10-7-27(8-11-41)40-12-15-45-16-13-40)5-6-28(30)37-32-34-20-26(21-35-32)23-3-4-25(19-33)29(17-23)46-14-2-9-42-22-36-38-39-42/h3-6,17-18,20-22,27H,2,7-16H2,1H3,(H,34,35,37). The van der Waals surface area contributed by atoms with Crippen molar-refractivity contribution in [3.63, 3.8) is 0 Å². The summed E-state index contributed by atoms with van der Waals surface area (Å²) in [6.45, 7) is 5.98. The molecule has 0 saturated carbocycles. The minimum absolute atomic E-state index is 0.00385. The normalized spacial score (nSPS) is 15.7. The lowest BCUT2D eigenvalue weighted by Gasteiger charge is -2.40. The van der Waals surface area contributed by atoms with E-state index in [1.54, 1.807) is 48.7 Å². The summed E-state index contributed by atoms with van der Waals surface area (Å²) in [6.07, 6.45) is 7.55. The third-order valence-electron chi connectivity index (χ3n) is 8.28. The summed E-state index contributed by atoms with van der Waals surface area (Å²) in [6, 6.07) is 13.4. The first-order chi connectivity index (χ1) is 22.6. The van der Waals surface area contributed by atoms with Gasteiger partial charge in [-0.15, -0.1) is 5.10 Å². The number of piperidine rings is 1. The minimum atomic E-state index is 0.00385. The predicted octanol–water partition coefficient (Wildman–Crippen LogP) is 3.16. The fraction of sp³-hybridized carbons (Fsp3) is 0.406. The highest BCUT2D eigenvalue weighted by Gasteiger charge is 2.28. The lowest BCUT2D eigenvalue weighted by atomic mass is 10.0. The highest BCUT2D eigenvalue weighted by molar-refractivity contribution is 5.95. The number of tetrazole rings is 1. The number of rotatable bonds is 11. The van der Waals surface area contributed by atoms with Gasteiger partial charge in [0.2, 0.25) is 5.95 Å². The largest absolute Gasteiger partial charge is 0.495 e. The molecule has 2 aromatic carbocycles. The van der Waals surface area contributed by atoms with Crippen molar-refractivity contribution in [2.75, 3.05) is 58.4 Å². The van der Waals surface area contributed by atoms with Gasteiger partial charge in [0, 0.05) is 68.7 Å². The molecule has 2 saturated heterocycles. The van der Waals surface area contributed by atoms with Crippen LogP contribution in [0.2, 0.25) is 0 Å². The number of amides is 1. The first-order valence-electron chi connectivity index (χ1n) is 15.4. The van der Waals surface area contributed by atoms with Crippen LogP contribution in [0.1, 0.15) is 35.2 Å². The van der Waals surface area contributed by atoms with Crippen LogP contribution in [-0.2, 0) is 11.3 Å². The topological polar surface area (TPSA) is 156 Å². The molecule has 1 N–H and O–H groups in total. The fourth-order valence-corrected chi connectivity index (χ4v) is 5.75. The van der Waals surface area contributed by atoms with Crippen LogP contribution in [-0.4, -0.2) is 105 Å². The van der Waals surface area contributed by atoms with Gasteiger partial charge < -0.3 is 24.4 Å². The highest BCUT2D eigenvalue weighted by Crippen LogP contribution is 2.30. The Labute approximate surface area is 266 Å². The number of nitrogens with zero attached hydrogens (tertiary/aromatic N) is 9. The van der Waals surface area contributed by atoms with Crippen molar-refractivity contribution in [3.05, 3.63) is 66.2 Å². The number of nitriles is 1. The van der Waals surface area contributed by atoms with Crippen LogP contribution >= 0.6 is 0 Å². The van der Waals surface area contributed by atoms with E-state index >= 15 is 0 Å². The molecule has 2 aliphatic heterocycles. The predicted molar refractivity (Wildman–Crippen MR) is 168 cm³/mol. The molecule has 14 nitrogen and oxygen atoms in total. The molecule has 14 heteroatoms. The quantitative estimate of drug-likeness (QED) is 0.244. The molecule has 46 heavy (non-hydrogen) atoms. The van der Waals surface area contributed by atoms with E-state index in [-0.39, 0.29) is 5.91 Å². The maximum Gasteiger partial charge on any atom is 0.253 e. The monoisotopic (exact) mass is 624 g/mol. The summed E-state index contributed by atoms with van der Waals surface area (Å²) in [5, 5.41) is 23.8. The average molecular weight is 625 g/mol. The second-order valence-corrected chi connectivity index (χ2v) is 11.1. The molecule has 0 unspecified atom stereocenters. The SMILES string of the molecule is COc1cc(C(=O)N2CCC(N3CCOCC3)CC2)ccc1Nc1ncc(-c2ccc(C#N)c(OCCCn3cnnn3)c2)cn1. The second kappa shape index (κ2) is 14.8. The van der Waals surface area contributed by atoms with E-state index in [0.29, 0.717) is 59.9 Å². The molecule has 6 rings (SSSR count). The van der Waals surface area contributed by atoms with Gasteiger partial charge in [0.15, 0.2) is 0 Å². The zero-order valence-corrected chi connectivity index (χ0v) is 25.7. The Hall–Kier alpha value is -5.13. The highest BCUT2D eigenvalue weighted by atomic mass is 16.5. The number of hydrogen-bond acceptors (Lipinski definition) is 12. The summed E-state index contributed by atoms with van der Waals surface area (Å²) in [5.41, 5.74) is 3.25. The number of nitrogens with one attached hydrogen (secondary N) is 1. The zero-order valence-electron chi connectivity index (χ0n) is 25.7. The number of aromatic nitrogens is 6. The van der Waals surface area contributed by atoms with E-state index in [4.69, 9.17) is 14.2 Å². The maximum absolute atomic E-state index is 13.3. The molecule has 238 valence electrons. The molecule has 2 aromatic heterocycles. The van der Waals surface area contributed by atoms with Crippen molar-refractivity contribution in [3.8, 4) is 28.7 Å². The summed E-state index contributed by atoms with van der Waals surface area (Å²) < 4.78 is 18.6. The number of carbonyl (C=O) groups is 1. The van der Waals surface area contributed by atoms with Crippen molar-refractivity contribution >= 4 is 17.5 Å². The molecular weight excluding hydrogens is 588 g/mol. The Morgan fingerprint density at radius 1 is 1.04 bits per heavy atom. The van der Waals surface area contributed by atoms with Crippen molar-refractivity contribution in [1.29, 1.82) is 5.26 Å². The first-order valence-corrected chi connectivity index (χ1v) is 15.4. The zero-order chi connectivity index (χ0) is 31.7. The summed E-state index contributed by atoms with van der Waals surface area (Å²) >= 11 is 0. The molecule has 4 heterocycles. The van der Waals surface area contributed by atoms with Gasteiger partial charge in [0.05, 0.1) is 38.2 Å². The second-order valence-electron chi connectivity index (χ2n) is 11.1. The summed E-state index contributed by atoms with van der Waals surface area (Å²) in [4.78, 5) is 26.7. The van der Waals surface area contributed by atoms with Gasteiger partial charge in [-0.2, -0.15) is 5.26 Å². The fourth-order valence-electron chi connectivity index (χ4n) is 5.75.